The number of aryl methyl sites for hydroxylation is 1. The molecule has 2 fully saturated rings. The van der Waals surface area contributed by atoms with E-state index in [1.807, 2.05) is 12.3 Å². The summed E-state index contributed by atoms with van der Waals surface area (Å²) in [5.74, 6) is 1.41. The molecule has 2 aromatic heterocycles. The molecule has 2 unspecified atom stereocenters. The zero-order valence-corrected chi connectivity index (χ0v) is 20.2. The molecule has 32 heavy (non-hydrogen) atoms. The number of hydrogen-bond acceptors (Lipinski definition) is 7. The standard InChI is InChI=1S/C25H30N4OS2/c1-18-13-26-25(32-16-21-10-6-12-30-21)28-24(18)20-9-5-11-29(14-20)15-23-27-22(17-31-23)19-7-3-2-4-8-19/h2-4,7-8,13,17,20-21H,5-6,9-12,14-16H2,1H3. The van der Waals surface area contributed by atoms with E-state index in [2.05, 4.69) is 46.5 Å². The number of thioether (sulfide) groups is 1. The Morgan fingerprint density at radius 1 is 1.16 bits per heavy atom. The first-order valence-electron chi connectivity index (χ1n) is 11.5. The van der Waals surface area contributed by atoms with Gasteiger partial charge < -0.3 is 4.74 Å². The van der Waals surface area contributed by atoms with Crippen LogP contribution in [0.5, 0.6) is 0 Å². The van der Waals surface area contributed by atoms with Crippen molar-refractivity contribution in [1.82, 2.24) is 19.9 Å². The van der Waals surface area contributed by atoms with Gasteiger partial charge in [-0.2, -0.15) is 0 Å². The molecule has 4 heterocycles. The largest absolute Gasteiger partial charge is 0.377 e. The predicted octanol–water partition coefficient (Wildman–Crippen LogP) is 5.56. The number of nitrogens with zero attached hydrogens (tertiary/aromatic N) is 4. The number of rotatable bonds is 7. The van der Waals surface area contributed by atoms with Crippen LogP contribution in [-0.4, -0.2) is 51.4 Å². The Balaban J connectivity index is 1.23. The third kappa shape index (κ3) is 5.39. The highest BCUT2D eigenvalue weighted by Crippen LogP contribution is 2.31. The van der Waals surface area contributed by atoms with E-state index >= 15 is 0 Å². The molecular weight excluding hydrogens is 436 g/mol. The maximum atomic E-state index is 5.76. The predicted molar refractivity (Wildman–Crippen MR) is 131 cm³/mol. The van der Waals surface area contributed by atoms with Crippen LogP contribution in [0.1, 0.15) is 47.9 Å². The number of aromatic nitrogens is 3. The maximum absolute atomic E-state index is 5.76. The van der Waals surface area contributed by atoms with Crippen LogP contribution >= 0.6 is 23.1 Å². The lowest BCUT2D eigenvalue weighted by atomic mass is 9.92. The summed E-state index contributed by atoms with van der Waals surface area (Å²) in [6.07, 6.45) is 7.09. The minimum atomic E-state index is 0.359. The first-order chi connectivity index (χ1) is 15.7. The second-order valence-electron chi connectivity index (χ2n) is 8.73. The summed E-state index contributed by atoms with van der Waals surface area (Å²) >= 11 is 3.51. The van der Waals surface area contributed by atoms with Crippen molar-refractivity contribution in [3.05, 3.63) is 58.2 Å². The summed E-state index contributed by atoms with van der Waals surface area (Å²) in [7, 11) is 0. The molecule has 0 aliphatic carbocycles. The van der Waals surface area contributed by atoms with Crippen molar-refractivity contribution >= 4 is 23.1 Å². The van der Waals surface area contributed by atoms with Gasteiger partial charge in [-0.3, -0.25) is 4.90 Å². The first kappa shape index (κ1) is 22.0. The Morgan fingerprint density at radius 3 is 2.91 bits per heavy atom. The molecule has 7 heteroatoms. The number of ether oxygens (including phenoxy) is 1. The fourth-order valence-corrected chi connectivity index (χ4v) is 6.34. The van der Waals surface area contributed by atoms with E-state index in [0.29, 0.717) is 12.0 Å². The third-order valence-electron chi connectivity index (χ3n) is 6.28. The van der Waals surface area contributed by atoms with Crippen LogP contribution in [0.2, 0.25) is 0 Å². The minimum absolute atomic E-state index is 0.359. The number of hydrogen-bond donors (Lipinski definition) is 0. The normalized spacial score (nSPS) is 21.8. The number of benzene rings is 1. The summed E-state index contributed by atoms with van der Waals surface area (Å²) in [5.41, 5.74) is 4.71. The van der Waals surface area contributed by atoms with E-state index in [1.165, 1.54) is 41.1 Å². The van der Waals surface area contributed by atoms with Gasteiger partial charge in [0.25, 0.3) is 0 Å². The van der Waals surface area contributed by atoms with Crippen molar-refractivity contribution in [3.8, 4) is 11.3 Å². The van der Waals surface area contributed by atoms with Gasteiger partial charge >= 0.3 is 0 Å². The van der Waals surface area contributed by atoms with Crippen LogP contribution in [0.15, 0.2) is 47.1 Å². The highest BCUT2D eigenvalue weighted by atomic mass is 32.2. The molecule has 0 spiro atoms. The topological polar surface area (TPSA) is 51.1 Å². The van der Waals surface area contributed by atoms with E-state index < -0.39 is 0 Å². The molecule has 0 bridgehead atoms. The van der Waals surface area contributed by atoms with Gasteiger partial charge in [0, 0.05) is 42.0 Å². The second-order valence-corrected chi connectivity index (χ2v) is 10.7. The number of likely N-dealkylation sites (tertiary alicyclic amines) is 1. The lowest BCUT2D eigenvalue weighted by Crippen LogP contribution is -2.34. The van der Waals surface area contributed by atoms with Gasteiger partial charge in [0.15, 0.2) is 5.16 Å². The average molecular weight is 467 g/mol. The molecule has 2 saturated heterocycles. The Hall–Kier alpha value is -1.80. The summed E-state index contributed by atoms with van der Waals surface area (Å²) in [6, 6.07) is 10.4. The molecule has 0 N–H and O–H groups in total. The number of piperidine rings is 1. The molecule has 2 atom stereocenters. The summed E-state index contributed by atoms with van der Waals surface area (Å²) in [6.45, 7) is 6.12. The van der Waals surface area contributed by atoms with E-state index in [4.69, 9.17) is 14.7 Å². The molecule has 3 aromatic rings. The smallest absolute Gasteiger partial charge is 0.187 e. The Morgan fingerprint density at radius 2 is 2.06 bits per heavy atom. The van der Waals surface area contributed by atoms with Gasteiger partial charge in [-0.05, 0) is 44.7 Å². The van der Waals surface area contributed by atoms with Gasteiger partial charge in [0.2, 0.25) is 0 Å². The van der Waals surface area contributed by atoms with E-state index in [1.54, 1.807) is 23.1 Å². The van der Waals surface area contributed by atoms with Gasteiger partial charge in [0.05, 0.1) is 24.0 Å². The van der Waals surface area contributed by atoms with Crippen LogP contribution < -0.4 is 0 Å². The van der Waals surface area contributed by atoms with Crippen molar-refractivity contribution in [2.24, 2.45) is 0 Å². The van der Waals surface area contributed by atoms with Gasteiger partial charge in [-0.25, -0.2) is 15.0 Å². The molecule has 5 nitrogen and oxygen atoms in total. The fourth-order valence-electron chi connectivity index (χ4n) is 4.60. The Labute approximate surface area is 198 Å². The average Bonchev–Trinajstić information content (AvgIpc) is 3.52. The highest BCUT2D eigenvalue weighted by Gasteiger charge is 2.25. The molecule has 168 valence electrons. The monoisotopic (exact) mass is 466 g/mol. The molecule has 2 aliphatic rings. The summed E-state index contributed by atoms with van der Waals surface area (Å²) in [5, 5.41) is 4.26. The molecule has 0 radical (unpaired) electrons. The van der Waals surface area contributed by atoms with Crippen molar-refractivity contribution in [1.29, 1.82) is 0 Å². The molecule has 0 amide bonds. The molecule has 0 saturated carbocycles. The third-order valence-corrected chi connectivity index (χ3v) is 8.11. The lowest BCUT2D eigenvalue weighted by Gasteiger charge is -2.32. The molecule has 5 rings (SSSR count). The lowest BCUT2D eigenvalue weighted by molar-refractivity contribution is 0.129. The van der Waals surface area contributed by atoms with Crippen LogP contribution in [0.4, 0.5) is 0 Å². The number of thiazole rings is 1. The minimum Gasteiger partial charge on any atom is -0.377 e. The Kier molecular flexibility index (Phi) is 7.17. The molecule has 1 aromatic carbocycles. The van der Waals surface area contributed by atoms with E-state index in [0.717, 1.165) is 49.3 Å². The SMILES string of the molecule is Cc1cnc(SCC2CCCO2)nc1C1CCCN(Cc2nc(-c3ccccc3)cs2)C1. The maximum Gasteiger partial charge on any atom is 0.187 e. The highest BCUT2D eigenvalue weighted by molar-refractivity contribution is 7.99. The summed E-state index contributed by atoms with van der Waals surface area (Å²) in [4.78, 5) is 17.0. The van der Waals surface area contributed by atoms with E-state index in [9.17, 15) is 0 Å². The Bertz CT molecular complexity index is 1020. The van der Waals surface area contributed by atoms with Gasteiger partial charge in [0.1, 0.15) is 5.01 Å². The van der Waals surface area contributed by atoms with Crippen molar-refractivity contribution < 1.29 is 4.74 Å². The van der Waals surface area contributed by atoms with Crippen LogP contribution in [0, 0.1) is 6.92 Å². The van der Waals surface area contributed by atoms with Crippen LogP contribution in [0.25, 0.3) is 11.3 Å². The zero-order chi connectivity index (χ0) is 21.8. The fraction of sp³-hybridized carbons (Fsp3) is 0.480. The van der Waals surface area contributed by atoms with E-state index in [-0.39, 0.29) is 0 Å². The first-order valence-corrected chi connectivity index (χ1v) is 13.4. The van der Waals surface area contributed by atoms with Crippen LogP contribution in [0.3, 0.4) is 0 Å². The molecular formula is C25H30N4OS2. The zero-order valence-electron chi connectivity index (χ0n) is 18.6. The molecule has 2 aliphatic heterocycles. The summed E-state index contributed by atoms with van der Waals surface area (Å²) < 4.78 is 5.76. The van der Waals surface area contributed by atoms with Gasteiger partial charge in [-0.1, -0.05) is 42.1 Å². The second kappa shape index (κ2) is 10.4. The van der Waals surface area contributed by atoms with Crippen molar-refractivity contribution in [2.45, 2.75) is 56.3 Å². The van der Waals surface area contributed by atoms with Gasteiger partial charge in [-0.15, -0.1) is 11.3 Å². The quantitative estimate of drug-likeness (QED) is 0.336. The van der Waals surface area contributed by atoms with Crippen LogP contribution in [-0.2, 0) is 11.3 Å². The van der Waals surface area contributed by atoms with Crippen molar-refractivity contribution in [2.75, 3.05) is 25.4 Å². The van der Waals surface area contributed by atoms with Crippen molar-refractivity contribution in [3.63, 3.8) is 0 Å².